The SMILES string of the molecule is CCn1cc(N)cc1C(=O)NCC(C)c1ccccc1. The summed E-state index contributed by atoms with van der Waals surface area (Å²) in [6.07, 6.45) is 1.79. The van der Waals surface area contributed by atoms with Crippen LogP contribution in [-0.4, -0.2) is 17.0 Å². The molecule has 1 aromatic carbocycles. The zero-order valence-electron chi connectivity index (χ0n) is 12.0. The summed E-state index contributed by atoms with van der Waals surface area (Å²) >= 11 is 0. The van der Waals surface area contributed by atoms with E-state index in [4.69, 9.17) is 5.73 Å². The average Bonchev–Trinajstić information content (AvgIpc) is 2.86. The van der Waals surface area contributed by atoms with E-state index in [9.17, 15) is 4.79 Å². The number of nitrogen functional groups attached to an aromatic ring is 1. The number of hydrogen-bond donors (Lipinski definition) is 2. The fourth-order valence-corrected chi connectivity index (χ4v) is 2.22. The van der Waals surface area contributed by atoms with E-state index in [2.05, 4.69) is 24.4 Å². The third kappa shape index (κ3) is 3.20. The molecule has 2 rings (SSSR count). The Hall–Kier alpha value is -2.23. The standard InChI is InChI=1S/C16H21N3O/c1-3-19-11-14(17)9-15(19)16(20)18-10-12(2)13-7-5-4-6-8-13/h4-9,11-12H,3,10,17H2,1-2H3,(H,18,20). The van der Waals surface area contributed by atoms with Gasteiger partial charge in [-0.05, 0) is 24.5 Å². The topological polar surface area (TPSA) is 60.0 Å². The Morgan fingerprint density at radius 2 is 2.05 bits per heavy atom. The third-order valence-electron chi connectivity index (χ3n) is 3.43. The Bertz CT molecular complexity index is 575. The van der Waals surface area contributed by atoms with Crippen LogP contribution in [0.5, 0.6) is 0 Å². The molecule has 4 heteroatoms. The van der Waals surface area contributed by atoms with Gasteiger partial charge in [-0.2, -0.15) is 0 Å². The summed E-state index contributed by atoms with van der Waals surface area (Å²) < 4.78 is 1.86. The van der Waals surface area contributed by atoms with E-state index < -0.39 is 0 Å². The van der Waals surface area contributed by atoms with Crippen molar-refractivity contribution in [2.24, 2.45) is 0 Å². The molecule has 1 amide bonds. The number of nitrogens with zero attached hydrogens (tertiary/aromatic N) is 1. The highest BCUT2D eigenvalue weighted by atomic mass is 16.1. The van der Waals surface area contributed by atoms with Crippen LogP contribution in [0.3, 0.4) is 0 Å². The number of benzene rings is 1. The van der Waals surface area contributed by atoms with Crippen molar-refractivity contribution in [1.29, 1.82) is 0 Å². The second-order valence-electron chi connectivity index (χ2n) is 4.97. The molecule has 4 nitrogen and oxygen atoms in total. The van der Waals surface area contributed by atoms with Gasteiger partial charge in [0.1, 0.15) is 5.69 Å². The molecule has 2 aromatic rings. The Morgan fingerprint density at radius 1 is 1.35 bits per heavy atom. The summed E-state index contributed by atoms with van der Waals surface area (Å²) in [6.45, 7) is 5.43. The van der Waals surface area contributed by atoms with Crippen LogP contribution in [0.2, 0.25) is 0 Å². The highest BCUT2D eigenvalue weighted by molar-refractivity contribution is 5.93. The van der Waals surface area contributed by atoms with Gasteiger partial charge >= 0.3 is 0 Å². The number of anilines is 1. The van der Waals surface area contributed by atoms with Crippen LogP contribution in [0.15, 0.2) is 42.6 Å². The zero-order chi connectivity index (χ0) is 14.5. The molecule has 0 radical (unpaired) electrons. The maximum Gasteiger partial charge on any atom is 0.268 e. The van der Waals surface area contributed by atoms with Crippen LogP contribution in [-0.2, 0) is 6.54 Å². The molecule has 3 N–H and O–H groups in total. The van der Waals surface area contributed by atoms with Crippen LogP contribution in [0.4, 0.5) is 5.69 Å². The van der Waals surface area contributed by atoms with Crippen molar-refractivity contribution >= 4 is 11.6 Å². The van der Waals surface area contributed by atoms with Crippen molar-refractivity contribution < 1.29 is 4.79 Å². The molecule has 0 saturated heterocycles. The molecule has 0 fully saturated rings. The van der Waals surface area contributed by atoms with E-state index in [0.717, 1.165) is 6.54 Å². The summed E-state index contributed by atoms with van der Waals surface area (Å²) in [5, 5.41) is 2.97. The van der Waals surface area contributed by atoms with Crippen molar-refractivity contribution in [3.63, 3.8) is 0 Å². The lowest BCUT2D eigenvalue weighted by molar-refractivity contribution is 0.0942. The quantitative estimate of drug-likeness (QED) is 0.878. The molecule has 0 saturated carbocycles. The van der Waals surface area contributed by atoms with Crippen LogP contribution >= 0.6 is 0 Å². The summed E-state index contributed by atoms with van der Waals surface area (Å²) in [6, 6.07) is 11.9. The number of nitrogens with one attached hydrogen (secondary N) is 1. The molecule has 106 valence electrons. The largest absolute Gasteiger partial charge is 0.397 e. The van der Waals surface area contributed by atoms with Gasteiger partial charge in [-0.1, -0.05) is 37.3 Å². The molecule has 1 atom stereocenters. The van der Waals surface area contributed by atoms with Crippen molar-refractivity contribution in [2.45, 2.75) is 26.3 Å². The lowest BCUT2D eigenvalue weighted by Gasteiger charge is -2.13. The van der Waals surface area contributed by atoms with E-state index in [-0.39, 0.29) is 11.8 Å². The van der Waals surface area contributed by atoms with Crippen LogP contribution < -0.4 is 11.1 Å². The van der Waals surface area contributed by atoms with Gasteiger partial charge in [0.2, 0.25) is 0 Å². The van der Waals surface area contributed by atoms with Gasteiger partial charge in [-0.25, -0.2) is 0 Å². The van der Waals surface area contributed by atoms with Gasteiger partial charge in [0.25, 0.3) is 5.91 Å². The minimum Gasteiger partial charge on any atom is -0.397 e. The Balaban J connectivity index is 1.98. The second kappa shape index (κ2) is 6.28. The number of aromatic nitrogens is 1. The van der Waals surface area contributed by atoms with Crippen molar-refractivity contribution in [3.05, 3.63) is 53.9 Å². The Morgan fingerprint density at radius 3 is 2.70 bits per heavy atom. The minimum absolute atomic E-state index is 0.0775. The maximum absolute atomic E-state index is 12.2. The number of rotatable bonds is 5. The molecule has 1 unspecified atom stereocenters. The molecular weight excluding hydrogens is 250 g/mol. The predicted molar refractivity (Wildman–Crippen MR) is 81.7 cm³/mol. The van der Waals surface area contributed by atoms with E-state index in [1.165, 1.54) is 5.56 Å². The van der Waals surface area contributed by atoms with E-state index in [1.54, 1.807) is 12.3 Å². The average molecular weight is 271 g/mol. The lowest BCUT2D eigenvalue weighted by atomic mass is 10.0. The number of carbonyl (C=O) groups excluding carboxylic acids is 1. The summed E-state index contributed by atoms with van der Waals surface area (Å²) in [5.74, 6) is 0.203. The summed E-state index contributed by atoms with van der Waals surface area (Å²) in [7, 11) is 0. The summed E-state index contributed by atoms with van der Waals surface area (Å²) in [5.41, 5.74) is 8.19. The van der Waals surface area contributed by atoms with Crippen molar-refractivity contribution in [2.75, 3.05) is 12.3 Å². The van der Waals surface area contributed by atoms with Crippen LogP contribution in [0.25, 0.3) is 0 Å². The fraction of sp³-hybridized carbons (Fsp3) is 0.312. The van der Waals surface area contributed by atoms with Crippen LogP contribution in [0, 0.1) is 0 Å². The van der Waals surface area contributed by atoms with Gasteiger partial charge < -0.3 is 15.6 Å². The Labute approximate surface area is 119 Å². The molecule has 0 bridgehead atoms. The molecule has 0 aliphatic rings. The first kappa shape index (κ1) is 14.2. The van der Waals surface area contributed by atoms with Gasteiger partial charge in [-0.3, -0.25) is 4.79 Å². The minimum atomic E-state index is -0.0775. The number of amides is 1. The van der Waals surface area contributed by atoms with Gasteiger partial charge in [0, 0.05) is 19.3 Å². The maximum atomic E-state index is 12.2. The van der Waals surface area contributed by atoms with Crippen LogP contribution in [0.1, 0.15) is 35.8 Å². The second-order valence-corrected chi connectivity index (χ2v) is 4.97. The fourth-order valence-electron chi connectivity index (χ4n) is 2.22. The number of aryl methyl sites for hydroxylation is 1. The first-order valence-electron chi connectivity index (χ1n) is 6.90. The highest BCUT2D eigenvalue weighted by Gasteiger charge is 2.13. The smallest absolute Gasteiger partial charge is 0.268 e. The van der Waals surface area contributed by atoms with E-state index in [1.807, 2.05) is 29.7 Å². The first-order chi connectivity index (χ1) is 9.61. The normalized spacial score (nSPS) is 12.1. The molecule has 0 spiro atoms. The van der Waals surface area contributed by atoms with E-state index in [0.29, 0.717) is 17.9 Å². The molecule has 0 aliphatic heterocycles. The Kier molecular flexibility index (Phi) is 4.45. The number of carbonyl (C=O) groups is 1. The lowest BCUT2D eigenvalue weighted by Crippen LogP contribution is -2.29. The summed E-state index contributed by atoms with van der Waals surface area (Å²) in [4.78, 5) is 12.2. The first-order valence-corrected chi connectivity index (χ1v) is 6.90. The predicted octanol–water partition coefficient (Wildman–Crippen LogP) is 2.62. The molecule has 0 aliphatic carbocycles. The highest BCUT2D eigenvalue weighted by Crippen LogP contribution is 2.14. The molecular formula is C16H21N3O. The van der Waals surface area contributed by atoms with Gasteiger partial charge in [0.15, 0.2) is 0 Å². The molecule has 20 heavy (non-hydrogen) atoms. The van der Waals surface area contributed by atoms with Crippen molar-refractivity contribution in [3.8, 4) is 0 Å². The number of hydrogen-bond acceptors (Lipinski definition) is 2. The zero-order valence-corrected chi connectivity index (χ0v) is 12.0. The molecule has 1 aromatic heterocycles. The third-order valence-corrected chi connectivity index (χ3v) is 3.43. The van der Waals surface area contributed by atoms with E-state index >= 15 is 0 Å². The monoisotopic (exact) mass is 271 g/mol. The van der Waals surface area contributed by atoms with Gasteiger partial charge in [0.05, 0.1) is 5.69 Å². The number of nitrogens with two attached hydrogens (primary N) is 1. The molecule has 1 heterocycles. The van der Waals surface area contributed by atoms with Crippen molar-refractivity contribution in [1.82, 2.24) is 9.88 Å². The van der Waals surface area contributed by atoms with Gasteiger partial charge in [-0.15, -0.1) is 0 Å².